The molecule has 6 heteroatoms. The van der Waals surface area contributed by atoms with Crippen molar-refractivity contribution < 1.29 is 14.5 Å². The molecule has 24 heavy (non-hydrogen) atoms. The zero-order valence-corrected chi connectivity index (χ0v) is 14.8. The summed E-state index contributed by atoms with van der Waals surface area (Å²) in [6.07, 6.45) is 5.36. The summed E-state index contributed by atoms with van der Waals surface area (Å²) in [5, 5.41) is 20.4. The Balaban J connectivity index is 2.16. The van der Waals surface area contributed by atoms with Crippen LogP contribution in [-0.4, -0.2) is 24.5 Å². The van der Waals surface area contributed by atoms with E-state index in [1.54, 1.807) is 0 Å². The van der Waals surface area contributed by atoms with Crippen molar-refractivity contribution in [1.82, 2.24) is 0 Å². The number of nitrogens with zero attached hydrogens (tertiary/aromatic N) is 2. The van der Waals surface area contributed by atoms with Crippen molar-refractivity contribution in [3.63, 3.8) is 0 Å². The first kappa shape index (κ1) is 17.2. The van der Waals surface area contributed by atoms with Crippen LogP contribution in [0.15, 0.2) is 0 Å². The molecule has 2 aliphatic heterocycles. The summed E-state index contributed by atoms with van der Waals surface area (Å²) >= 11 is 0. The van der Waals surface area contributed by atoms with Gasteiger partial charge in [0.05, 0.1) is 24.8 Å². The summed E-state index contributed by atoms with van der Waals surface area (Å²) in [5.41, 5.74) is 3.69. The van der Waals surface area contributed by atoms with Gasteiger partial charge in [0.2, 0.25) is 0 Å². The Labute approximate surface area is 143 Å². The number of nitrogens with one attached hydrogen (secondary N) is 1. The molecule has 2 fully saturated rings. The number of hydrogen-bond donors (Lipinski definition) is 2. The minimum absolute atomic E-state index is 0.138. The zero-order chi connectivity index (χ0) is 17.6. The zero-order valence-electron chi connectivity index (χ0n) is 14.8. The van der Waals surface area contributed by atoms with Crippen LogP contribution in [0.25, 0.3) is 0 Å². The predicted molar refractivity (Wildman–Crippen MR) is 87.0 cm³/mol. The van der Waals surface area contributed by atoms with Gasteiger partial charge in [-0.3, -0.25) is 5.73 Å². The second-order valence-corrected chi connectivity index (χ2v) is 7.41. The van der Waals surface area contributed by atoms with Gasteiger partial charge in [0.1, 0.15) is 0 Å². The molecule has 2 heterocycles. The van der Waals surface area contributed by atoms with E-state index in [0.29, 0.717) is 12.4 Å². The summed E-state index contributed by atoms with van der Waals surface area (Å²) in [6.45, 7) is 6.54. The van der Waals surface area contributed by atoms with Gasteiger partial charge in [0, 0.05) is 5.41 Å². The van der Waals surface area contributed by atoms with E-state index < -0.39 is 22.2 Å². The third-order valence-electron chi connectivity index (χ3n) is 6.27. The van der Waals surface area contributed by atoms with Crippen LogP contribution < -0.4 is 10.7 Å². The summed E-state index contributed by atoms with van der Waals surface area (Å²) in [5.74, 6) is -0.949. The monoisotopic (exact) mass is 331 g/mol. The molecular weight excluding hydrogens is 304 g/mol. The van der Waals surface area contributed by atoms with Gasteiger partial charge < -0.3 is 9.47 Å². The molecule has 130 valence electrons. The van der Waals surface area contributed by atoms with Crippen LogP contribution in [0, 0.1) is 38.9 Å². The number of nitriles is 2. The van der Waals surface area contributed by atoms with Gasteiger partial charge in [-0.15, -0.1) is 0 Å². The van der Waals surface area contributed by atoms with Crippen molar-refractivity contribution in [2.75, 3.05) is 6.61 Å². The maximum Gasteiger partial charge on any atom is 0.343 e. The molecule has 6 nitrogen and oxygen atoms in total. The smallest absolute Gasteiger partial charge is 0.311 e. The molecule has 0 unspecified atom stereocenters. The van der Waals surface area contributed by atoms with Crippen molar-refractivity contribution in [2.24, 2.45) is 22.0 Å². The fraction of sp³-hybridized carbons (Fsp3) is 0.833. The number of amidine groups is 1. The summed E-state index contributed by atoms with van der Waals surface area (Å²) in [4.78, 5) is 3.06. The minimum Gasteiger partial charge on any atom is -0.311 e. The quantitative estimate of drug-likeness (QED) is 0.753. The van der Waals surface area contributed by atoms with E-state index >= 15 is 0 Å². The number of rotatable bonds is 6. The number of ether oxygens (including phenoxy) is 2. The lowest BCUT2D eigenvalue weighted by Crippen LogP contribution is -2.90. The first-order valence-corrected chi connectivity index (χ1v) is 9.03. The molecule has 4 atom stereocenters. The Kier molecular flexibility index (Phi) is 3.90. The van der Waals surface area contributed by atoms with Crippen LogP contribution in [-0.2, 0) is 9.47 Å². The van der Waals surface area contributed by atoms with Gasteiger partial charge in [0.15, 0.2) is 10.8 Å². The Morgan fingerprint density at radius 2 is 1.83 bits per heavy atom. The van der Waals surface area contributed by atoms with Crippen LogP contribution in [0.4, 0.5) is 0 Å². The molecule has 0 aromatic heterocycles. The molecular formula is C18H27N4O2+. The highest BCUT2D eigenvalue weighted by atomic mass is 16.8. The lowest BCUT2D eigenvalue weighted by Gasteiger charge is -2.29. The molecule has 1 saturated carbocycles. The number of fused-ring (bicyclic) bond motifs is 2. The summed E-state index contributed by atoms with van der Waals surface area (Å²) in [6, 6.07) is 4.89. The summed E-state index contributed by atoms with van der Waals surface area (Å²) in [7, 11) is 0. The number of nitrogens with two attached hydrogens (primary N) is 1. The molecule has 0 radical (unpaired) electrons. The molecule has 0 aromatic carbocycles. The third-order valence-corrected chi connectivity index (χ3v) is 6.27. The SMILES string of the molecule is CCCCC1(CCCC)[C@@]2(C#N)[C@@]3([NH+]=C(N)[C@@]12C#N)OC[C@H](C)O3. The van der Waals surface area contributed by atoms with Gasteiger partial charge in [-0.1, -0.05) is 39.5 Å². The molecule has 1 saturated heterocycles. The average Bonchev–Trinajstić information content (AvgIpc) is 2.75. The molecule has 3 aliphatic rings. The van der Waals surface area contributed by atoms with Gasteiger partial charge >= 0.3 is 5.91 Å². The first-order chi connectivity index (χ1) is 11.5. The highest BCUT2D eigenvalue weighted by Gasteiger charge is 3.03. The minimum atomic E-state index is -1.29. The van der Waals surface area contributed by atoms with Crippen LogP contribution in [0.1, 0.15) is 59.3 Å². The van der Waals surface area contributed by atoms with E-state index in [9.17, 15) is 10.5 Å². The molecule has 1 aliphatic carbocycles. The number of unbranched alkanes of at least 4 members (excludes halogenated alkanes) is 2. The van der Waals surface area contributed by atoms with Crippen LogP contribution >= 0.6 is 0 Å². The molecule has 3 rings (SSSR count). The van der Waals surface area contributed by atoms with Crippen molar-refractivity contribution in [3.05, 3.63) is 0 Å². The van der Waals surface area contributed by atoms with Crippen molar-refractivity contribution in [3.8, 4) is 12.1 Å². The van der Waals surface area contributed by atoms with Crippen LogP contribution in [0.5, 0.6) is 0 Å². The van der Waals surface area contributed by atoms with Gasteiger partial charge in [0.25, 0.3) is 5.84 Å². The van der Waals surface area contributed by atoms with Crippen molar-refractivity contribution in [2.45, 2.75) is 71.3 Å². The van der Waals surface area contributed by atoms with Crippen LogP contribution in [0.3, 0.4) is 0 Å². The maximum absolute atomic E-state index is 10.3. The van der Waals surface area contributed by atoms with Gasteiger partial charge in [-0.25, -0.2) is 4.99 Å². The molecule has 1 spiro atoms. The Bertz CT molecular complexity index is 640. The Hall–Kier alpha value is -1.63. The number of hydrogen-bond acceptors (Lipinski definition) is 5. The summed E-state index contributed by atoms with van der Waals surface area (Å²) < 4.78 is 12.0. The third kappa shape index (κ3) is 1.54. The van der Waals surface area contributed by atoms with Gasteiger partial charge in [-0.05, 0) is 19.8 Å². The Morgan fingerprint density at radius 1 is 1.21 bits per heavy atom. The van der Waals surface area contributed by atoms with E-state index in [-0.39, 0.29) is 6.10 Å². The van der Waals surface area contributed by atoms with E-state index in [0.717, 1.165) is 38.5 Å². The molecule has 0 amide bonds. The fourth-order valence-electron chi connectivity index (χ4n) is 5.27. The van der Waals surface area contributed by atoms with E-state index in [2.05, 4.69) is 31.0 Å². The first-order valence-electron chi connectivity index (χ1n) is 9.03. The second-order valence-electron chi connectivity index (χ2n) is 7.41. The highest BCUT2D eigenvalue weighted by molar-refractivity contribution is 5.95. The standard InChI is InChI=1S/C18H26N4O2/c1-4-6-8-15(9-7-5-2)16(11-19)14(21)22-18(17(15,16)12-20)23-10-13(3)24-18/h13H,4-10H2,1-3H3,(H2,21,22)/p+1/t13-,16-,17+,18+/m0/s1. The van der Waals surface area contributed by atoms with E-state index in [1.165, 1.54) is 0 Å². The lowest BCUT2D eigenvalue weighted by molar-refractivity contribution is -0.680. The highest BCUT2D eigenvalue weighted by Crippen LogP contribution is 2.86. The van der Waals surface area contributed by atoms with E-state index in [4.69, 9.17) is 15.2 Å². The maximum atomic E-state index is 10.3. The topological polar surface area (TPSA) is 106 Å². The van der Waals surface area contributed by atoms with Gasteiger partial charge in [-0.2, -0.15) is 10.5 Å². The lowest BCUT2D eigenvalue weighted by atomic mass is 9.80. The molecule has 0 aromatic rings. The predicted octanol–water partition coefficient (Wildman–Crippen LogP) is 0.927. The van der Waals surface area contributed by atoms with Crippen LogP contribution in [0.2, 0.25) is 0 Å². The van der Waals surface area contributed by atoms with Crippen molar-refractivity contribution in [1.29, 1.82) is 10.5 Å². The second kappa shape index (κ2) is 5.44. The van der Waals surface area contributed by atoms with Crippen molar-refractivity contribution >= 4 is 5.84 Å². The fourth-order valence-corrected chi connectivity index (χ4v) is 5.27. The normalized spacial score (nSPS) is 41.5. The molecule has 0 bridgehead atoms. The Morgan fingerprint density at radius 3 is 2.25 bits per heavy atom. The van der Waals surface area contributed by atoms with E-state index in [1.807, 2.05) is 6.92 Å². The average molecular weight is 331 g/mol. The molecule has 3 N–H and O–H groups in total. The largest absolute Gasteiger partial charge is 0.343 e.